The lowest BCUT2D eigenvalue weighted by Crippen LogP contribution is -2.20. The maximum atomic E-state index is 13.3. The van der Waals surface area contributed by atoms with E-state index in [1.165, 1.54) is 23.9 Å². The SMILES string of the molecule is Cc1nnc(SC(C(=O)Nc2cccc(C(F)(F)F)c2)c2ccccc2)n1Cc1ccccc1. The monoisotopic (exact) mass is 482 g/mol. The predicted octanol–water partition coefficient (Wildman–Crippen LogP) is 6.13. The highest BCUT2D eigenvalue weighted by Crippen LogP contribution is 2.36. The van der Waals surface area contributed by atoms with E-state index in [-0.39, 0.29) is 5.69 Å². The fourth-order valence-corrected chi connectivity index (χ4v) is 4.47. The lowest BCUT2D eigenvalue weighted by Gasteiger charge is -2.18. The Morgan fingerprint density at radius 1 is 0.971 bits per heavy atom. The number of hydrogen-bond donors (Lipinski definition) is 1. The van der Waals surface area contributed by atoms with Crippen molar-refractivity contribution in [2.45, 2.75) is 30.1 Å². The van der Waals surface area contributed by atoms with Gasteiger partial charge in [0.2, 0.25) is 5.91 Å². The standard InChI is InChI=1S/C25H21F3N4OS/c1-17-30-31-24(32(17)16-18-9-4-2-5-10-18)34-22(19-11-6-3-7-12-19)23(33)29-21-14-8-13-20(15-21)25(26,27)28/h2-15,22H,16H2,1H3,(H,29,33). The molecule has 9 heteroatoms. The number of carbonyl (C=O) groups is 1. The Bertz CT molecular complexity index is 1260. The Balaban J connectivity index is 1.62. The first-order valence-corrected chi connectivity index (χ1v) is 11.3. The molecular weight excluding hydrogens is 461 g/mol. The number of nitrogens with zero attached hydrogens (tertiary/aromatic N) is 3. The molecule has 1 N–H and O–H groups in total. The Hall–Kier alpha value is -3.59. The van der Waals surface area contributed by atoms with E-state index in [4.69, 9.17) is 0 Å². The van der Waals surface area contributed by atoms with Crippen LogP contribution in [0.3, 0.4) is 0 Å². The zero-order valence-electron chi connectivity index (χ0n) is 18.2. The summed E-state index contributed by atoms with van der Waals surface area (Å²) in [5.41, 5.74) is 0.997. The van der Waals surface area contributed by atoms with Gasteiger partial charge in [-0.05, 0) is 36.2 Å². The number of benzene rings is 3. The third-order valence-electron chi connectivity index (χ3n) is 5.11. The number of aromatic nitrogens is 3. The predicted molar refractivity (Wildman–Crippen MR) is 125 cm³/mol. The van der Waals surface area contributed by atoms with Gasteiger partial charge in [0, 0.05) is 5.69 Å². The number of nitrogens with one attached hydrogen (secondary N) is 1. The maximum absolute atomic E-state index is 13.3. The molecule has 0 radical (unpaired) electrons. The van der Waals surface area contributed by atoms with Crippen molar-refractivity contribution in [2.24, 2.45) is 0 Å². The molecule has 0 saturated carbocycles. The Morgan fingerprint density at radius 3 is 2.32 bits per heavy atom. The molecule has 1 aromatic heterocycles. The van der Waals surface area contributed by atoms with Gasteiger partial charge in [0.15, 0.2) is 5.16 Å². The molecule has 1 unspecified atom stereocenters. The van der Waals surface area contributed by atoms with E-state index in [1.54, 1.807) is 24.3 Å². The van der Waals surface area contributed by atoms with Crippen LogP contribution in [-0.4, -0.2) is 20.7 Å². The van der Waals surface area contributed by atoms with Crippen LogP contribution in [0.5, 0.6) is 0 Å². The zero-order valence-corrected chi connectivity index (χ0v) is 19.0. The molecule has 0 aliphatic carbocycles. The first kappa shape index (κ1) is 23.6. The second-order valence-electron chi connectivity index (χ2n) is 7.58. The van der Waals surface area contributed by atoms with Crippen molar-refractivity contribution in [1.82, 2.24) is 14.8 Å². The van der Waals surface area contributed by atoms with Crippen LogP contribution < -0.4 is 5.32 Å². The van der Waals surface area contributed by atoms with E-state index in [1.807, 2.05) is 47.9 Å². The number of alkyl halides is 3. The lowest BCUT2D eigenvalue weighted by molar-refractivity contribution is -0.137. The van der Waals surface area contributed by atoms with Crippen molar-refractivity contribution in [3.8, 4) is 0 Å². The number of rotatable bonds is 7. The average molecular weight is 483 g/mol. The van der Waals surface area contributed by atoms with E-state index in [0.717, 1.165) is 17.7 Å². The molecule has 0 fully saturated rings. The smallest absolute Gasteiger partial charge is 0.325 e. The van der Waals surface area contributed by atoms with Gasteiger partial charge < -0.3 is 9.88 Å². The number of aryl methyl sites for hydroxylation is 1. The van der Waals surface area contributed by atoms with Gasteiger partial charge in [-0.25, -0.2) is 0 Å². The molecule has 1 amide bonds. The van der Waals surface area contributed by atoms with Crippen molar-refractivity contribution >= 4 is 23.4 Å². The number of hydrogen-bond acceptors (Lipinski definition) is 4. The van der Waals surface area contributed by atoms with Crippen LogP contribution in [0.4, 0.5) is 18.9 Å². The number of carbonyl (C=O) groups excluding carboxylic acids is 1. The summed E-state index contributed by atoms with van der Waals surface area (Å²) in [6.07, 6.45) is -4.50. The molecule has 174 valence electrons. The first-order valence-electron chi connectivity index (χ1n) is 10.4. The number of amides is 1. The van der Waals surface area contributed by atoms with Crippen LogP contribution in [-0.2, 0) is 17.5 Å². The van der Waals surface area contributed by atoms with Crippen molar-refractivity contribution < 1.29 is 18.0 Å². The minimum absolute atomic E-state index is 0.0725. The minimum atomic E-state index is -4.50. The normalized spacial score (nSPS) is 12.4. The molecule has 0 aliphatic rings. The van der Waals surface area contributed by atoms with Crippen molar-refractivity contribution in [3.05, 3.63) is 107 Å². The summed E-state index contributed by atoms with van der Waals surface area (Å²) in [7, 11) is 0. The molecule has 3 aromatic carbocycles. The molecule has 0 spiro atoms. The van der Waals surface area contributed by atoms with Crippen LogP contribution >= 0.6 is 11.8 Å². The summed E-state index contributed by atoms with van der Waals surface area (Å²) >= 11 is 1.20. The Labute approximate surface area is 199 Å². The number of thioether (sulfide) groups is 1. The second-order valence-corrected chi connectivity index (χ2v) is 8.65. The second kappa shape index (κ2) is 10.1. The van der Waals surface area contributed by atoms with E-state index in [0.29, 0.717) is 23.1 Å². The van der Waals surface area contributed by atoms with Gasteiger partial charge in [-0.15, -0.1) is 10.2 Å². The lowest BCUT2D eigenvalue weighted by atomic mass is 10.1. The van der Waals surface area contributed by atoms with Gasteiger partial charge in [-0.1, -0.05) is 78.5 Å². The average Bonchev–Trinajstić information content (AvgIpc) is 3.17. The van der Waals surface area contributed by atoms with Crippen LogP contribution in [0.25, 0.3) is 0 Å². The summed E-state index contributed by atoms with van der Waals surface area (Å²) in [5, 5.41) is 10.8. The third kappa shape index (κ3) is 5.66. The Morgan fingerprint density at radius 2 is 1.65 bits per heavy atom. The largest absolute Gasteiger partial charge is 0.416 e. The van der Waals surface area contributed by atoms with Gasteiger partial charge >= 0.3 is 6.18 Å². The summed E-state index contributed by atoms with van der Waals surface area (Å²) < 4.78 is 41.2. The van der Waals surface area contributed by atoms with E-state index in [2.05, 4.69) is 15.5 Å². The highest BCUT2D eigenvalue weighted by atomic mass is 32.2. The maximum Gasteiger partial charge on any atom is 0.416 e. The van der Waals surface area contributed by atoms with E-state index in [9.17, 15) is 18.0 Å². The van der Waals surface area contributed by atoms with Crippen molar-refractivity contribution in [1.29, 1.82) is 0 Å². The van der Waals surface area contributed by atoms with Gasteiger partial charge in [-0.3, -0.25) is 4.79 Å². The number of halogens is 3. The minimum Gasteiger partial charge on any atom is -0.325 e. The fourth-order valence-electron chi connectivity index (χ4n) is 3.38. The summed E-state index contributed by atoms with van der Waals surface area (Å²) in [5.74, 6) is 0.235. The zero-order chi connectivity index (χ0) is 24.1. The molecule has 34 heavy (non-hydrogen) atoms. The van der Waals surface area contributed by atoms with E-state index >= 15 is 0 Å². The number of anilines is 1. The Kier molecular flexibility index (Phi) is 7.02. The molecule has 0 aliphatic heterocycles. The van der Waals surface area contributed by atoms with Crippen LogP contribution in [0.1, 0.15) is 27.8 Å². The van der Waals surface area contributed by atoms with Gasteiger partial charge in [-0.2, -0.15) is 13.2 Å². The molecule has 4 rings (SSSR count). The summed E-state index contributed by atoms with van der Waals surface area (Å²) in [6, 6.07) is 23.4. The van der Waals surface area contributed by atoms with Gasteiger partial charge in [0.05, 0.1) is 12.1 Å². The quantitative estimate of drug-likeness (QED) is 0.322. The topological polar surface area (TPSA) is 59.8 Å². The third-order valence-corrected chi connectivity index (χ3v) is 6.34. The molecule has 4 aromatic rings. The molecular formula is C25H21F3N4OS. The highest BCUT2D eigenvalue weighted by Gasteiger charge is 2.31. The first-order chi connectivity index (χ1) is 16.3. The van der Waals surface area contributed by atoms with Gasteiger partial charge in [0.25, 0.3) is 0 Å². The van der Waals surface area contributed by atoms with Crippen LogP contribution in [0, 0.1) is 6.92 Å². The summed E-state index contributed by atoms with van der Waals surface area (Å²) in [4.78, 5) is 13.3. The van der Waals surface area contributed by atoms with Gasteiger partial charge in [0.1, 0.15) is 11.1 Å². The van der Waals surface area contributed by atoms with Crippen molar-refractivity contribution in [3.63, 3.8) is 0 Å². The van der Waals surface area contributed by atoms with Crippen molar-refractivity contribution in [2.75, 3.05) is 5.32 Å². The molecule has 0 saturated heterocycles. The van der Waals surface area contributed by atoms with Crippen LogP contribution in [0.2, 0.25) is 0 Å². The van der Waals surface area contributed by atoms with E-state index < -0.39 is 22.9 Å². The van der Waals surface area contributed by atoms with Crippen LogP contribution in [0.15, 0.2) is 90.1 Å². The highest BCUT2D eigenvalue weighted by molar-refractivity contribution is 8.00. The molecule has 5 nitrogen and oxygen atoms in total. The summed E-state index contributed by atoms with van der Waals surface area (Å²) in [6.45, 7) is 2.36. The molecule has 1 atom stereocenters. The fraction of sp³-hybridized carbons (Fsp3) is 0.160. The molecule has 0 bridgehead atoms. The molecule has 1 heterocycles.